The molecule has 0 N–H and O–H groups in total. The average molecular weight is 304 g/mol. The summed E-state index contributed by atoms with van der Waals surface area (Å²) in [7, 11) is 0. The third-order valence-electron chi connectivity index (χ3n) is 3.01. The van der Waals surface area contributed by atoms with Crippen LogP contribution in [0.4, 0.5) is 14.9 Å². The Morgan fingerprint density at radius 3 is 2.95 bits per heavy atom. The summed E-state index contributed by atoms with van der Waals surface area (Å²) in [5, 5.41) is 17.9. The zero-order valence-corrected chi connectivity index (χ0v) is 11.7. The Labute approximate surface area is 123 Å². The molecule has 6 nitrogen and oxygen atoms in total. The lowest BCUT2D eigenvalue weighted by Gasteiger charge is -2.16. The summed E-state index contributed by atoms with van der Waals surface area (Å²) < 4.78 is 19.0. The van der Waals surface area contributed by atoms with Gasteiger partial charge in [0.15, 0.2) is 11.0 Å². The molecule has 1 aromatic carbocycles. The topological polar surface area (TPSA) is 79.1 Å². The lowest BCUT2D eigenvalue weighted by Crippen LogP contribution is -2.32. The van der Waals surface area contributed by atoms with Crippen LogP contribution >= 0.6 is 11.3 Å². The number of rotatable bonds is 2. The first-order chi connectivity index (χ1) is 10.1. The van der Waals surface area contributed by atoms with Gasteiger partial charge >= 0.3 is 6.09 Å². The number of carbonyl (C=O) groups is 1. The molecule has 0 spiro atoms. The van der Waals surface area contributed by atoms with Crippen LogP contribution in [0.5, 0.6) is 0 Å². The Bertz CT molecular complexity index is 755. The molecule has 0 radical (unpaired) electrons. The van der Waals surface area contributed by atoms with E-state index in [1.165, 1.54) is 23.5 Å². The van der Waals surface area contributed by atoms with Gasteiger partial charge in [0.25, 0.3) is 0 Å². The maximum absolute atomic E-state index is 14.2. The molecule has 3 rings (SSSR count). The van der Waals surface area contributed by atoms with E-state index in [2.05, 4.69) is 10.2 Å². The molecule has 2 aromatic rings. The molecule has 8 heteroatoms. The van der Waals surface area contributed by atoms with Crippen LogP contribution in [0.1, 0.15) is 5.01 Å². The van der Waals surface area contributed by atoms with Crippen LogP contribution in [-0.2, 0) is 4.74 Å². The molecule has 0 saturated carbocycles. The highest BCUT2D eigenvalue weighted by atomic mass is 32.1. The van der Waals surface area contributed by atoms with Crippen molar-refractivity contribution in [1.82, 2.24) is 10.2 Å². The zero-order valence-electron chi connectivity index (χ0n) is 10.9. The van der Waals surface area contributed by atoms with Gasteiger partial charge in [0.2, 0.25) is 0 Å². The minimum atomic E-state index is -0.744. The fourth-order valence-electron chi connectivity index (χ4n) is 2.03. The number of hydrogen-bond acceptors (Lipinski definition) is 6. The van der Waals surface area contributed by atoms with Gasteiger partial charge in [0.05, 0.1) is 11.8 Å². The highest BCUT2D eigenvalue weighted by molar-refractivity contribution is 7.14. The fourth-order valence-corrected chi connectivity index (χ4v) is 2.75. The number of ether oxygens (including phenoxy) is 1. The number of halogens is 1. The van der Waals surface area contributed by atoms with Crippen LogP contribution in [-0.4, -0.2) is 28.9 Å². The lowest BCUT2D eigenvalue weighted by atomic mass is 10.1. The van der Waals surface area contributed by atoms with Gasteiger partial charge in [-0.1, -0.05) is 11.3 Å². The largest absolute Gasteiger partial charge is 0.446 e. The predicted molar refractivity (Wildman–Crippen MR) is 73.3 cm³/mol. The minimum Gasteiger partial charge on any atom is -0.446 e. The van der Waals surface area contributed by atoms with E-state index in [0.717, 1.165) is 9.91 Å². The van der Waals surface area contributed by atoms with Gasteiger partial charge in [0.1, 0.15) is 17.4 Å². The number of aromatic nitrogens is 2. The van der Waals surface area contributed by atoms with Crippen molar-refractivity contribution in [3.8, 4) is 16.6 Å². The Morgan fingerprint density at radius 2 is 2.33 bits per heavy atom. The van der Waals surface area contributed by atoms with E-state index in [1.807, 2.05) is 6.07 Å². The van der Waals surface area contributed by atoms with Gasteiger partial charge in [0, 0.05) is 5.56 Å². The molecular weight excluding hydrogens is 295 g/mol. The number of amides is 1. The van der Waals surface area contributed by atoms with Crippen LogP contribution in [0.2, 0.25) is 0 Å². The van der Waals surface area contributed by atoms with E-state index in [4.69, 9.17) is 10.00 Å². The Morgan fingerprint density at radius 1 is 1.52 bits per heavy atom. The highest BCUT2D eigenvalue weighted by Crippen LogP contribution is 2.30. The van der Waals surface area contributed by atoms with E-state index >= 15 is 0 Å². The molecule has 0 aliphatic carbocycles. The third kappa shape index (κ3) is 2.32. The zero-order chi connectivity index (χ0) is 15.0. The number of aryl methyl sites for hydroxylation is 1. The van der Waals surface area contributed by atoms with Gasteiger partial charge in [-0.2, -0.15) is 5.26 Å². The van der Waals surface area contributed by atoms with Crippen molar-refractivity contribution in [2.75, 3.05) is 11.5 Å². The second kappa shape index (κ2) is 5.10. The minimum absolute atomic E-state index is 0.0195. The van der Waals surface area contributed by atoms with Crippen molar-refractivity contribution in [3.63, 3.8) is 0 Å². The second-order valence-corrected chi connectivity index (χ2v) is 5.56. The summed E-state index contributed by atoms with van der Waals surface area (Å²) in [5.74, 6) is -0.528. The second-order valence-electron chi connectivity index (χ2n) is 4.38. The van der Waals surface area contributed by atoms with E-state index in [1.54, 1.807) is 13.0 Å². The first-order valence-corrected chi connectivity index (χ1v) is 6.87. The summed E-state index contributed by atoms with van der Waals surface area (Å²) in [4.78, 5) is 12.8. The first-order valence-electron chi connectivity index (χ1n) is 6.06. The average Bonchev–Trinajstić information content (AvgIpc) is 3.04. The van der Waals surface area contributed by atoms with Gasteiger partial charge in [-0.15, -0.1) is 10.2 Å². The number of cyclic esters (lactones) is 1. The van der Waals surface area contributed by atoms with Crippen LogP contribution in [0, 0.1) is 24.1 Å². The third-order valence-corrected chi connectivity index (χ3v) is 3.88. The molecule has 1 fully saturated rings. The molecule has 1 amide bonds. The summed E-state index contributed by atoms with van der Waals surface area (Å²) >= 11 is 1.28. The normalized spacial score (nSPS) is 17.7. The van der Waals surface area contributed by atoms with Crippen LogP contribution in [0.15, 0.2) is 18.2 Å². The van der Waals surface area contributed by atoms with E-state index in [-0.39, 0.29) is 12.3 Å². The van der Waals surface area contributed by atoms with Crippen molar-refractivity contribution >= 4 is 23.1 Å². The number of anilines is 1. The first kappa shape index (κ1) is 13.5. The van der Waals surface area contributed by atoms with E-state index < -0.39 is 18.0 Å². The molecular formula is C13H9FN4O2S. The standard InChI is InChI=1S/C13H9FN4O2S/c1-7-16-17-12(21-7)10-3-2-8(4-11(10)14)18-9(5-15)6-20-13(18)19/h2-4,9H,6H2,1H3. The van der Waals surface area contributed by atoms with Crippen LogP contribution < -0.4 is 4.90 Å². The fraction of sp³-hybridized carbons (Fsp3) is 0.231. The molecule has 21 heavy (non-hydrogen) atoms. The van der Waals surface area contributed by atoms with Gasteiger partial charge in [-0.3, -0.25) is 4.90 Å². The number of hydrogen-bond donors (Lipinski definition) is 0. The van der Waals surface area contributed by atoms with Crippen molar-refractivity contribution in [1.29, 1.82) is 5.26 Å². The summed E-state index contributed by atoms with van der Waals surface area (Å²) in [6.45, 7) is 1.76. The molecule has 1 aliphatic heterocycles. The number of nitrogens with zero attached hydrogens (tertiary/aromatic N) is 4. The predicted octanol–water partition coefficient (Wildman–Crippen LogP) is 2.50. The molecule has 1 saturated heterocycles. The highest BCUT2D eigenvalue weighted by Gasteiger charge is 2.34. The summed E-state index contributed by atoms with van der Waals surface area (Å²) in [5.41, 5.74) is 0.594. The Balaban J connectivity index is 1.98. The monoisotopic (exact) mass is 304 g/mol. The molecule has 1 aliphatic rings. The Kier molecular flexibility index (Phi) is 3.27. The van der Waals surface area contributed by atoms with Gasteiger partial charge in [-0.25, -0.2) is 9.18 Å². The molecule has 1 aromatic heterocycles. The summed E-state index contributed by atoms with van der Waals surface area (Å²) in [6, 6.07) is 5.48. The molecule has 106 valence electrons. The molecule has 0 bridgehead atoms. The maximum atomic E-state index is 14.2. The smallest absolute Gasteiger partial charge is 0.415 e. The number of nitriles is 1. The molecule has 2 heterocycles. The van der Waals surface area contributed by atoms with Crippen molar-refractivity contribution in [2.45, 2.75) is 13.0 Å². The van der Waals surface area contributed by atoms with Crippen LogP contribution in [0.3, 0.4) is 0 Å². The maximum Gasteiger partial charge on any atom is 0.415 e. The van der Waals surface area contributed by atoms with Crippen molar-refractivity contribution < 1.29 is 13.9 Å². The van der Waals surface area contributed by atoms with E-state index in [9.17, 15) is 9.18 Å². The van der Waals surface area contributed by atoms with Crippen molar-refractivity contribution in [2.24, 2.45) is 0 Å². The Hall–Kier alpha value is -2.53. The number of benzene rings is 1. The van der Waals surface area contributed by atoms with Gasteiger partial charge < -0.3 is 4.74 Å². The van der Waals surface area contributed by atoms with Crippen LogP contribution in [0.25, 0.3) is 10.6 Å². The van der Waals surface area contributed by atoms with E-state index in [0.29, 0.717) is 10.6 Å². The summed E-state index contributed by atoms with van der Waals surface area (Å²) in [6.07, 6.45) is -0.652. The molecule has 1 atom stereocenters. The van der Waals surface area contributed by atoms with Gasteiger partial charge in [-0.05, 0) is 25.1 Å². The quantitative estimate of drug-likeness (QED) is 0.851. The molecule has 1 unspecified atom stereocenters. The SMILES string of the molecule is Cc1nnc(-c2ccc(N3C(=O)OCC3C#N)cc2F)s1. The lowest BCUT2D eigenvalue weighted by molar-refractivity contribution is 0.180. The number of carbonyl (C=O) groups excluding carboxylic acids is 1. The van der Waals surface area contributed by atoms with Crippen molar-refractivity contribution in [3.05, 3.63) is 29.0 Å².